The lowest BCUT2D eigenvalue weighted by molar-refractivity contribution is 1.15. The van der Waals surface area contributed by atoms with E-state index in [0.29, 0.717) is 20.8 Å². The zero-order valence-corrected chi connectivity index (χ0v) is 14.2. The van der Waals surface area contributed by atoms with Gasteiger partial charge in [0, 0.05) is 6.42 Å². The molecule has 0 saturated heterocycles. The first-order chi connectivity index (χ1) is 10.6. The second-order valence-electron chi connectivity index (χ2n) is 5.00. The molecular weight excluding hydrogens is 359 g/mol. The minimum absolute atomic E-state index is 0.438. The van der Waals surface area contributed by atoms with Crippen molar-refractivity contribution < 1.29 is 0 Å². The first-order valence-electron chi connectivity index (χ1n) is 6.61. The maximum atomic E-state index is 6.20. The number of hydrogen-bond donors (Lipinski definition) is 1. The van der Waals surface area contributed by atoms with Gasteiger partial charge in [0.2, 0.25) is 0 Å². The van der Waals surface area contributed by atoms with Gasteiger partial charge in [-0.05, 0) is 23.3 Å². The van der Waals surface area contributed by atoms with Crippen LogP contribution in [0, 0.1) is 0 Å². The summed E-state index contributed by atoms with van der Waals surface area (Å²) in [5, 5.41) is 5.46. The van der Waals surface area contributed by atoms with Gasteiger partial charge in [-0.1, -0.05) is 70.4 Å². The van der Waals surface area contributed by atoms with E-state index in [0.717, 1.165) is 17.2 Å². The zero-order chi connectivity index (χ0) is 15.3. The molecule has 22 heavy (non-hydrogen) atoms. The van der Waals surface area contributed by atoms with Gasteiger partial charge in [0.25, 0.3) is 0 Å². The first-order valence-corrected chi connectivity index (χ1v) is 8.56. The Bertz CT molecular complexity index is 889. The van der Waals surface area contributed by atoms with Crippen LogP contribution in [-0.2, 0) is 6.42 Å². The number of fused-ring (bicyclic) bond motifs is 3. The maximum Gasteiger partial charge on any atom is 0.188 e. The third-order valence-electron chi connectivity index (χ3n) is 3.57. The average molecular weight is 368 g/mol. The standard InChI is InChI=1S/C16H9Cl3N2S/c17-10-6-12(19)13(7-11(10)18)20-16-21-14-5-8-3-1-2-4-9(8)15(14)22-16/h1-4,6-7H,5H2,(H,20,21). The van der Waals surface area contributed by atoms with Gasteiger partial charge in [-0.15, -0.1) is 0 Å². The second kappa shape index (κ2) is 5.43. The average Bonchev–Trinajstić information content (AvgIpc) is 3.02. The quantitative estimate of drug-likeness (QED) is 0.414. The SMILES string of the molecule is Clc1cc(Cl)c(Nc2nc3c(s2)-c2ccccc2C3)cc1Cl. The maximum absolute atomic E-state index is 6.20. The monoisotopic (exact) mass is 366 g/mol. The third kappa shape index (κ3) is 2.38. The number of halogens is 3. The molecule has 1 heterocycles. The Morgan fingerprint density at radius 2 is 1.77 bits per heavy atom. The molecule has 0 radical (unpaired) electrons. The fourth-order valence-corrected chi connectivity index (χ4v) is 4.19. The Labute approximate surface area is 146 Å². The number of benzene rings is 2. The fourth-order valence-electron chi connectivity index (χ4n) is 2.55. The minimum atomic E-state index is 0.438. The van der Waals surface area contributed by atoms with Crippen LogP contribution in [0.1, 0.15) is 11.3 Å². The van der Waals surface area contributed by atoms with Gasteiger partial charge in [0.15, 0.2) is 5.13 Å². The molecule has 0 atom stereocenters. The van der Waals surface area contributed by atoms with Crippen LogP contribution in [0.3, 0.4) is 0 Å². The fraction of sp³-hybridized carbons (Fsp3) is 0.0625. The molecule has 1 aromatic heterocycles. The van der Waals surface area contributed by atoms with Gasteiger partial charge in [0.1, 0.15) is 0 Å². The number of aromatic nitrogens is 1. The van der Waals surface area contributed by atoms with E-state index in [4.69, 9.17) is 34.8 Å². The summed E-state index contributed by atoms with van der Waals surface area (Å²) >= 11 is 19.8. The lowest BCUT2D eigenvalue weighted by atomic mass is 10.1. The van der Waals surface area contributed by atoms with Gasteiger partial charge < -0.3 is 5.32 Å². The highest BCUT2D eigenvalue weighted by atomic mass is 35.5. The van der Waals surface area contributed by atoms with E-state index < -0.39 is 0 Å². The first kappa shape index (κ1) is 14.3. The Kier molecular flexibility index (Phi) is 3.54. The van der Waals surface area contributed by atoms with Gasteiger partial charge in [0.05, 0.1) is 31.3 Å². The molecule has 0 saturated carbocycles. The molecular formula is C16H9Cl3N2S. The molecule has 0 bridgehead atoms. The van der Waals surface area contributed by atoms with Crippen LogP contribution in [0.15, 0.2) is 36.4 Å². The van der Waals surface area contributed by atoms with Crippen molar-refractivity contribution in [1.29, 1.82) is 0 Å². The summed E-state index contributed by atoms with van der Waals surface area (Å²) in [7, 11) is 0. The van der Waals surface area contributed by atoms with Crippen LogP contribution < -0.4 is 5.32 Å². The van der Waals surface area contributed by atoms with E-state index in [-0.39, 0.29) is 0 Å². The highest BCUT2D eigenvalue weighted by molar-refractivity contribution is 7.19. The highest BCUT2D eigenvalue weighted by Crippen LogP contribution is 2.43. The van der Waals surface area contributed by atoms with Crippen LogP contribution in [0.5, 0.6) is 0 Å². The number of nitrogens with one attached hydrogen (secondary N) is 1. The molecule has 0 aliphatic heterocycles. The van der Waals surface area contributed by atoms with Crippen LogP contribution in [0.2, 0.25) is 15.1 Å². The van der Waals surface area contributed by atoms with E-state index in [1.807, 2.05) is 0 Å². The van der Waals surface area contributed by atoms with Gasteiger partial charge >= 0.3 is 0 Å². The largest absolute Gasteiger partial charge is 0.330 e. The Morgan fingerprint density at radius 1 is 1.00 bits per heavy atom. The van der Waals surface area contributed by atoms with Crippen LogP contribution in [0.4, 0.5) is 10.8 Å². The predicted molar refractivity (Wildman–Crippen MR) is 95.1 cm³/mol. The zero-order valence-electron chi connectivity index (χ0n) is 11.2. The van der Waals surface area contributed by atoms with Crippen LogP contribution in [-0.4, -0.2) is 4.98 Å². The van der Waals surface area contributed by atoms with Crippen LogP contribution >= 0.6 is 46.1 Å². The summed E-state index contributed by atoms with van der Waals surface area (Å²) in [5.41, 5.74) is 4.40. The van der Waals surface area contributed by atoms with Crippen molar-refractivity contribution in [3.05, 3.63) is 62.7 Å². The van der Waals surface area contributed by atoms with Gasteiger partial charge in [-0.25, -0.2) is 4.98 Å². The molecule has 0 spiro atoms. The summed E-state index contributed by atoms with van der Waals surface area (Å²) in [6.45, 7) is 0. The van der Waals surface area contributed by atoms with E-state index >= 15 is 0 Å². The van der Waals surface area contributed by atoms with Crippen molar-refractivity contribution in [1.82, 2.24) is 4.98 Å². The predicted octanol–water partition coefficient (Wildman–Crippen LogP) is 6.42. The van der Waals surface area contributed by atoms with E-state index in [1.54, 1.807) is 23.5 Å². The Morgan fingerprint density at radius 3 is 2.64 bits per heavy atom. The normalized spacial score (nSPS) is 12.1. The van der Waals surface area contributed by atoms with E-state index in [2.05, 4.69) is 34.6 Å². The number of hydrogen-bond acceptors (Lipinski definition) is 3. The topological polar surface area (TPSA) is 24.9 Å². The van der Waals surface area contributed by atoms with E-state index in [9.17, 15) is 0 Å². The molecule has 0 fully saturated rings. The van der Waals surface area contributed by atoms with Crippen molar-refractivity contribution >= 4 is 57.0 Å². The summed E-state index contributed by atoms with van der Waals surface area (Å²) in [6, 6.07) is 11.7. The van der Waals surface area contributed by atoms with Crippen molar-refractivity contribution in [3.63, 3.8) is 0 Å². The van der Waals surface area contributed by atoms with Crippen molar-refractivity contribution in [2.75, 3.05) is 5.32 Å². The third-order valence-corrected chi connectivity index (χ3v) is 5.65. The lowest BCUT2D eigenvalue weighted by Gasteiger charge is -2.07. The molecule has 1 aliphatic rings. The molecule has 1 aliphatic carbocycles. The molecule has 110 valence electrons. The molecule has 0 unspecified atom stereocenters. The van der Waals surface area contributed by atoms with Crippen molar-refractivity contribution in [2.24, 2.45) is 0 Å². The summed E-state index contributed by atoms with van der Waals surface area (Å²) in [6.07, 6.45) is 0.874. The van der Waals surface area contributed by atoms with Crippen LogP contribution in [0.25, 0.3) is 10.4 Å². The molecule has 0 amide bonds. The number of anilines is 2. The minimum Gasteiger partial charge on any atom is -0.330 e. The number of thiazole rings is 1. The summed E-state index contributed by atoms with van der Waals surface area (Å²) < 4.78 is 0. The molecule has 2 nitrogen and oxygen atoms in total. The summed E-state index contributed by atoms with van der Waals surface area (Å²) in [4.78, 5) is 5.88. The molecule has 2 aromatic carbocycles. The number of nitrogens with zero attached hydrogens (tertiary/aromatic N) is 1. The Hall–Kier alpha value is -1.26. The highest BCUT2D eigenvalue weighted by Gasteiger charge is 2.23. The molecule has 6 heteroatoms. The molecule has 4 rings (SSSR count). The van der Waals surface area contributed by atoms with Gasteiger partial charge in [-0.2, -0.15) is 0 Å². The Balaban J connectivity index is 1.69. The lowest BCUT2D eigenvalue weighted by Crippen LogP contribution is -1.92. The van der Waals surface area contributed by atoms with Gasteiger partial charge in [-0.3, -0.25) is 0 Å². The number of rotatable bonds is 2. The smallest absolute Gasteiger partial charge is 0.188 e. The van der Waals surface area contributed by atoms with Crippen molar-refractivity contribution in [2.45, 2.75) is 6.42 Å². The second-order valence-corrected chi connectivity index (χ2v) is 7.22. The molecule has 1 N–H and O–H groups in total. The summed E-state index contributed by atoms with van der Waals surface area (Å²) in [5.74, 6) is 0. The van der Waals surface area contributed by atoms with Crippen molar-refractivity contribution in [3.8, 4) is 10.4 Å². The molecule has 3 aromatic rings. The van der Waals surface area contributed by atoms with E-state index in [1.165, 1.54) is 16.0 Å².